The number of hydrogen-bond donors (Lipinski definition) is 1. The van der Waals surface area contributed by atoms with E-state index in [1.165, 1.54) is 0 Å². The second kappa shape index (κ2) is 6.04. The van der Waals surface area contributed by atoms with Gasteiger partial charge < -0.3 is 5.32 Å². The number of carbonyl (C=O) groups is 1. The zero-order valence-electron chi connectivity index (χ0n) is 13.6. The lowest BCUT2D eigenvalue weighted by atomic mass is 10.00. The van der Waals surface area contributed by atoms with Gasteiger partial charge in [0, 0.05) is 35.0 Å². The lowest BCUT2D eigenvalue weighted by Crippen LogP contribution is -2.14. The van der Waals surface area contributed by atoms with Gasteiger partial charge in [0.25, 0.3) is 0 Å². The van der Waals surface area contributed by atoms with Crippen LogP contribution >= 0.6 is 0 Å². The Morgan fingerprint density at radius 3 is 2.62 bits per heavy atom. The van der Waals surface area contributed by atoms with Crippen molar-refractivity contribution in [3.63, 3.8) is 0 Å². The maximum atomic E-state index is 12.0. The van der Waals surface area contributed by atoms with Crippen LogP contribution in [0.25, 0.3) is 21.9 Å². The molecule has 1 aliphatic carbocycles. The molecule has 2 aromatic heterocycles. The zero-order valence-corrected chi connectivity index (χ0v) is 13.6. The molecule has 4 heteroatoms. The molecular weight excluding hydrogens is 298 g/mol. The molecule has 1 aromatic carbocycles. The number of fused-ring (bicyclic) bond motifs is 1. The highest BCUT2D eigenvalue weighted by atomic mass is 16.2. The first-order chi connectivity index (χ1) is 11.8. The number of aromatic nitrogens is 2. The van der Waals surface area contributed by atoms with Gasteiger partial charge in [-0.25, -0.2) is 4.98 Å². The summed E-state index contributed by atoms with van der Waals surface area (Å²) < 4.78 is 0. The van der Waals surface area contributed by atoms with Crippen LogP contribution in [-0.2, 0) is 11.2 Å². The number of nitrogens with zero attached hydrogens (tertiary/aromatic N) is 2. The van der Waals surface area contributed by atoms with Crippen LogP contribution < -0.4 is 5.32 Å². The molecule has 24 heavy (non-hydrogen) atoms. The van der Waals surface area contributed by atoms with Gasteiger partial charge in [-0.3, -0.25) is 9.78 Å². The van der Waals surface area contributed by atoms with E-state index in [-0.39, 0.29) is 11.8 Å². The highest BCUT2D eigenvalue weighted by Gasteiger charge is 2.29. The van der Waals surface area contributed by atoms with Gasteiger partial charge in [-0.15, -0.1) is 0 Å². The summed E-state index contributed by atoms with van der Waals surface area (Å²) in [7, 11) is 0. The first-order valence-corrected chi connectivity index (χ1v) is 8.40. The second-order valence-corrected chi connectivity index (χ2v) is 6.22. The first kappa shape index (κ1) is 14.8. The van der Waals surface area contributed by atoms with Gasteiger partial charge in [-0.1, -0.05) is 37.3 Å². The van der Waals surface area contributed by atoms with Gasteiger partial charge >= 0.3 is 0 Å². The van der Waals surface area contributed by atoms with Crippen molar-refractivity contribution in [1.82, 2.24) is 9.97 Å². The maximum Gasteiger partial charge on any atom is 0.228 e. The lowest BCUT2D eigenvalue weighted by Gasteiger charge is -2.11. The zero-order chi connectivity index (χ0) is 16.5. The van der Waals surface area contributed by atoms with E-state index in [4.69, 9.17) is 0 Å². The van der Waals surface area contributed by atoms with Gasteiger partial charge in [0.1, 0.15) is 5.82 Å². The standard InChI is InChI=1S/C20H19N3O/c1-2-18-17-12-22-19(23-20(24)14-8-9-14)10-15(17)16(11-21-18)13-6-4-3-5-7-13/h3-7,10-12,14H,2,8-9H2,1H3,(H,22,23,24). The predicted octanol–water partition coefficient (Wildman–Crippen LogP) is 4.21. The minimum Gasteiger partial charge on any atom is -0.310 e. The van der Waals surface area contributed by atoms with Gasteiger partial charge in [0.15, 0.2) is 0 Å². The van der Waals surface area contributed by atoms with E-state index in [0.717, 1.165) is 46.9 Å². The van der Waals surface area contributed by atoms with E-state index < -0.39 is 0 Å². The van der Waals surface area contributed by atoms with Gasteiger partial charge in [0.2, 0.25) is 5.91 Å². The Bertz CT molecular complexity index is 901. The van der Waals surface area contributed by atoms with Crippen molar-refractivity contribution in [3.8, 4) is 11.1 Å². The molecule has 0 unspecified atom stereocenters. The fourth-order valence-electron chi connectivity index (χ4n) is 2.96. The summed E-state index contributed by atoms with van der Waals surface area (Å²) in [6.07, 6.45) is 6.57. The summed E-state index contributed by atoms with van der Waals surface area (Å²) in [6.45, 7) is 2.09. The average molecular weight is 317 g/mol. The van der Waals surface area contributed by atoms with Crippen molar-refractivity contribution in [2.75, 3.05) is 5.32 Å². The Hall–Kier alpha value is -2.75. The van der Waals surface area contributed by atoms with Crippen LogP contribution in [0.5, 0.6) is 0 Å². The summed E-state index contributed by atoms with van der Waals surface area (Å²) in [5, 5.41) is 5.06. The van der Waals surface area contributed by atoms with Crippen LogP contribution in [0.3, 0.4) is 0 Å². The second-order valence-electron chi connectivity index (χ2n) is 6.22. The molecule has 1 aliphatic rings. The van der Waals surface area contributed by atoms with E-state index in [1.807, 2.05) is 36.7 Å². The summed E-state index contributed by atoms with van der Waals surface area (Å²) in [6, 6.07) is 12.2. The number of carbonyl (C=O) groups excluding carboxylic acids is 1. The molecule has 1 fully saturated rings. The van der Waals surface area contributed by atoms with Crippen molar-refractivity contribution >= 4 is 22.5 Å². The highest BCUT2D eigenvalue weighted by Crippen LogP contribution is 2.32. The minimum absolute atomic E-state index is 0.0767. The number of aryl methyl sites for hydroxylation is 1. The number of benzene rings is 1. The average Bonchev–Trinajstić information content (AvgIpc) is 3.46. The Kier molecular flexibility index (Phi) is 3.73. The molecule has 3 aromatic rings. The van der Waals surface area contributed by atoms with E-state index in [0.29, 0.717) is 5.82 Å². The number of nitrogens with one attached hydrogen (secondary N) is 1. The van der Waals surface area contributed by atoms with Crippen LogP contribution in [0.2, 0.25) is 0 Å². The van der Waals surface area contributed by atoms with Crippen LogP contribution in [-0.4, -0.2) is 15.9 Å². The summed E-state index contributed by atoms with van der Waals surface area (Å²) in [4.78, 5) is 21.1. The molecule has 120 valence electrons. The lowest BCUT2D eigenvalue weighted by molar-refractivity contribution is -0.117. The molecule has 0 radical (unpaired) electrons. The number of amides is 1. The Morgan fingerprint density at radius 1 is 1.12 bits per heavy atom. The fraction of sp³-hybridized carbons (Fsp3) is 0.250. The number of anilines is 1. The predicted molar refractivity (Wildman–Crippen MR) is 95.7 cm³/mol. The van der Waals surface area contributed by atoms with Crippen LogP contribution in [0.4, 0.5) is 5.82 Å². The third kappa shape index (κ3) is 2.75. The van der Waals surface area contributed by atoms with Crippen molar-refractivity contribution in [1.29, 1.82) is 0 Å². The Balaban J connectivity index is 1.84. The van der Waals surface area contributed by atoms with E-state index in [2.05, 4.69) is 34.3 Å². The number of rotatable bonds is 4. The minimum atomic E-state index is 0.0767. The molecule has 0 atom stereocenters. The molecule has 1 saturated carbocycles. The van der Waals surface area contributed by atoms with Crippen LogP contribution in [0.15, 0.2) is 48.8 Å². The SMILES string of the molecule is CCc1ncc(-c2ccccc2)c2cc(NC(=O)C3CC3)ncc12. The monoisotopic (exact) mass is 317 g/mol. The Labute approximate surface area is 141 Å². The van der Waals surface area contributed by atoms with Gasteiger partial charge in [-0.05, 0) is 36.3 Å². The molecule has 4 rings (SSSR count). The fourth-order valence-corrected chi connectivity index (χ4v) is 2.96. The smallest absolute Gasteiger partial charge is 0.228 e. The molecule has 0 spiro atoms. The van der Waals surface area contributed by atoms with Crippen LogP contribution in [0, 0.1) is 5.92 Å². The molecule has 4 nitrogen and oxygen atoms in total. The van der Waals surface area contributed by atoms with Gasteiger partial charge in [0.05, 0.1) is 0 Å². The molecule has 0 bridgehead atoms. The van der Waals surface area contributed by atoms with Crippen molar-refractivity contribution < 1.29 is 4.79 Å². The third-order valence-corrected chi connectivity index (χ3v) is 4.47. The molecule has 1 N–H and O–H groups in total. The largest absolute Gasteiger partial charge is 0.310 e. The van der Waals surface area contributed by atoms with E-state index in [1.54, 1.807) is 0 Å². The molecular formula is C20H19N3O. The maximum absolute atomic E-state index is 12.0. The number of hydrogen-bond acceptors (Lipinski definition) is 3. The number of pyridine rings is 2. The van der Waals surface area contributed by atoms with Gasteiger partial charge in [-0.2, -0.15) is 0 Å². The van der Waals surface area contributed by atoms with Crippen molar-refractivity contribution in [3.05, 3.63) is 54.5 Å². The quantitative estimate of drug-likeness (QED) is 0.784. The van der Waals surface area contributed by atoms with E-state index >= 15 is 0 Å². The molecule has 0 saturated heterocycles. The highest BCUT2D eigenvalue weighted by molar-refractivity contribution is 6.00. The van der Waals surface area contributed by atoms with Crippen molar-refractivity contribution in [2.24, 2.45) is 5.92 Å². The van der Waals surface area contributed by atoms with Crippen molar-refractivity contribution in [2.45, 2.75) is 26.2 Å². The third-order valence-electron chi connectivity index (χ3n) is 4.47. The molecule has 2 heterocycles. The topological polar surface area (TPSA) is 54.9 Å². The first-order valence-electron chi connectivity index (χ1n) is 8.40. The molecule has 1 amide bonds. The Morgan fingerprint density at radius 2 is 1.92 bits per heavy atom. The summed E-state index contributed by atoms with van der Waals surface area (Å²) >= 11 is 0. The summed E-state index contributed by atoms with van der Waals surface area (Å²) in [5.74, 6) is 0.859. The normalized spacial score (nSPS) is 13.9. The summed E-state index contributed by atoms with van der Waals surface area (Å²) in [5.41, 5.74) is 3.20. The van der Waals surface area contributed by atoms with Crippen LogP contribution in [0.1, 0.15) is 25.5 Å². The van der Waals surface area contributed by atoms with E-state index in [9.17, 15) is 4.79 Å². The molecule has 0 aliphatic heterocycles.